The molecule has 0 radical (unpaired) electrons. The molecule has 1 aliphatic heterocycles. The van der Waals surface area contributed by atoms with Crippen molar-refractivity contribution in [3.63, 3.8) is 0 Å². The Morgan fingerprint density at radius 3 is 2.31 bits per heavy atom. The minimum absolute atomic E-state index is 0.0549. The van der Waals surface area contributed by atoms with Crippen LogP contribution in [-0.4, -0.2) is 30.5 Å². The molecular formula is C26H20ClF2NO5. The van der Waals surface area contributed by atoms with Gasteiger partial charge < -0.3 is 14.6 Å². The number of carbonyl (C=O) groups excluding carboxylic acids is 2. The van der Waals surface area contributed by atoms with Gasteiger partial charge in [0.15, 0.2) is 11.6 Å². The number of halogens is 3. The van der Waals surface area contributed by atoms with Gasteiger partial charge in [-0.15, -0.1) is 0 Å². The lowest BCUT2D eigenvalue weighted by atomic mass is 9.95. The summed E-state index contributed by atoms with van der Waals surface area (Å²) < 4.78 is 38.3. The first-order valence-electron chi connectivity index (χ1n) is 10.6. The fraction of sp³-hybridized carbons (Fsp3) is 0.154. The quantitative estimate of drug-likeness (QED) is 0.269. The molecule has 1 heterocycles. The van der Waals surface area contributed by atoms with Gasteiger partial charge in [0, 0.05) is 17.3 Å². The summed E-state index contributed by atoms with van der Waals surface area (Å²) in [6.45, 7) is 2.25. The molecule has 3 aromatic carbocycles. The highest BCUT2D eigenvalue weighted by atomic mass is 35.5. The number of ketones is 1. The van der Waals surface area contributed by atoms with E-state index in [2.05, 4.69) is 0 Å². The summed E-state index contributed by atoms with van der Waals surface area (Å²) in [5.41, 5.74) is 0.183. The van der Waals surface area contributed by atoms with Crippen molar-refractivity contribution in [1.29, 1.82) is 0 Å². The summed E-state index contributed by atoms with van der Waals surface area (Å²) in [4.78, 5) is 27.4. The van der Waals surface area contributed by atoms with Gasteiger partial charge in [-0.3, -0.25) is 14.5 Å². The molecule has 1 unspecified atom stereocenters. The molecule has 6 nitrogen and oxygen atoms in total. The summed E-state index contributed by atoms with van der Waals surface area (Å²) >= 11 is 6.28. The molecule has 1 aliphatic rings. The van der Waals surface area contributed by atoms with Crippen LogP contribution in [0.4, 0.5) is 14.5 Å². The normalized spacial score (nSPS) is 17.1. The molecule has 180 valence electrons. The van der Waals surface area contributed by atoms with E-state index < -0.39 is 35.1 Å². The number of benzene rings is 3. The zero-order chi connectivity index (χ0) is 25.3. The fourth-order valence-corrected chi connectivity index (χ4v) is 4.13. The molecule has 1 atom stereocenters. The van der Waals surface area contributed by atoms with Crippen molar-refractivity contribution in [2.45, 2.75) is 13.0 Å². The van der Waals surface area contributed by atoms with Gasteiger partial charge >= 0.3 is 0 Å². The van der Waals surface area contributed by atoms with Crippen LogP contribution in [-0.2, 0) is 9.59 Å². The number of ether oxygens (including phenoxy) is 2. The van der Waals surface area contributed by atoms with Crippen LogP contribution in [0.1, 0.15) is 24.1 Å². The second-order valence-electron chi connectivity index (χ2n) is 7.62. The van der Waals surface area contributed by atoms with Gasteiger partial charge in [-0.2, -0.15) is 0 Å². The van der Waals surface area contributed by atoms with E-state index in [-0.39, 0.29) is 21.8 Å². The third kappa shape index (κ3) is 4.44. The SMILES string of the molecule is CCOc1ccc(C2/C(=C(\O)c3cc(OC)ccc3Cl)C(=O)C(=O)N2c2ccc(F)c(F)c2)cc1. The first-order valence-corrected chi connectivity index (χ1v) is 11.0. The second-order valence-corrected chi connectivity index (χ2v) is 8.02. The number of methoxy groups -OCH3 is 1. The highest BCUT2D eigenvalue weighted by Crippen LogP contribution is 2.43. The van der Waals surface area contributed by atoms with Gasteiger partial charge in [0.1, 0.15) is 17.3 Å². The number of carbonyl (C=O) groups is 2. The van der Waals surface area contributed by atoms with E-state index in [4.69, 9.17) is 21.1 Å². The molecule has 1 fully saturated rings. The maximum absolute atomic E-state index is 14.1. The Morgan fingerprint density at radius 1 is 1.00 bits per heavy atom. The summed E-state index contributed by atoms with van der Waals surface area (Å²) in [6.07, 6.45) is 0. The lowest BCUT2D eigenvalue weighted by molar-refractivity contribution is -0.132. The predicted molar refractivity (Wildman–Crippen MR) is 127 cm³/mol. The number of amides is 1. The minimum Gasteiger partial charge on any atom is -0.507 e. The van der Waals surface area contributed by atoms with Gasteiger partial charge in [0.2, 0.25) is 0 Å². The van der Waals surface area contributed by atoms with Crippen molar-refractivity contribution in [1.82, 2.24) is 0 Å². The Kier molecular flexibility index (Phi) is 6.75. The van der Waals surface area contributed by atoms with Crippen LogP contribution in [0.25, 0.3) is 5.76 Å². The van der Waals surface area contributed by atoms with Gasteiger partial charge in [-0.05, 0) is 55.0 Å². The minimum atomic E-state index is -1.19. The monoisotopic (exact) mass is 499 g/mol. The van der Waals surface area contributed by atoms with Crippen molar-refractivity contribution >= 4 is 34.7 Å². The smallest absolute Gasteiger partial charge is 0.300 e. The number of hydrogen-bond donors (Lipinski definition) is 1. The first-order chi connectivity index (χ1) is 16.8. The molecular weight excluding hydrogens is 480 g/mol. The summed E-state index contributed by atoms with van der Waals surface area (Å²) in [5.74, 6) is -3.94. The van der Waals surface area contributed by atoms with Crippen LogP contribution in [0.15, 0.2) is 66.2 Å². The molecule has 0 saturated carbocycles. The maximum Gasteiger partial charge on any atom is 0.300 e. The van der Waals surface area contributed by atoms with E-state index in [1.807, 2.05) is 6.92 Å². The maximum atomic E-state index is 14.1. The summed E-state index contributed by atoms with van der Waals surface area (Å²) in [7, 11) is 1.43. The van der Waals surface area contributed by atoms with Gasteiger partial charge in [-0.1, -0.05) is 23.7 Å². The van der Waals surface area contributed by atoms with Crippen molar-refractivity contribution in [3.05, 3.63) is 94.0 Å². The Bertz CT molecular complexity index is 1340. The number of aliphatic hydroxyl groups is 1. The second kappa shape index (κ2) is 9.76. The van der Waals surface area contributed by atoms with Crippen LogP contribution in [0.5, 0.6) is 11.5 Å². The molecule has 1 amide bonds. The predicted octanol–water partition coefficient (Wildman–Crippen LogP) is 5.65. The standard InChI is InChI=1S/C26H20ClF2NO5/c1-3-35-16-7-4-14(5-8-16)23-22(24(31)18-13-17(34-2)9-10-19(18)27)25(32)26(33)30(23)15-6-11-20(28)21(29)12-15/h4-13,23,31H,3H2,1-2H3/b24-22+. The van der Waals surface area contributed by atoms with E-state index >= 15 is 0 Å². The van der Waals surface area contributed by atoms with Crippen LogP contribution >= 0.6 is 11.6 Å². The number of anilines is 1. The average Bonchev–Trinajstić information content (AvgIpc) is 3.12. The summed E-state index contributed by atoms with van der Waals surface area (Å²) in [6, 6.07) is 12.7. The number of aliphatic hydroxyl groups excluding tert-OH is 1. The molecule has 3 aromatic rings. The van der Waals surface area contributed by atoms with Crippen LogP contribution < -0.4 is 14.4 Å². The molecule has 0 spiro atoms. The van der Waals surface area contributed by atoms with E-state index in [1.54, 1.807) is 30.3 Å². The molecule has 1 saturated heterocycles. The van der Waals surface area contributed by atoms with Crippen molar-refractivity contribution in [2.24, 2.45) is 0 Å². The Labute approximate surface area is 205 Å². The highest BCUT2D eigenvalue weighted by Gasteiger charge is 2.47. The van der Waals surface area contributed by atoms with Crippen molar-refractivity contribution < 1.29 is 33.0 Å². The van der Waals surface area contributed by atoms with Crippen LogP contribution in [0.3, 0.4) is 0 Å². The van der Waals surface area contributed by atoms with E-state index in [9.17, 15) is 23.5 Å². The topological polar surface area (TPSA) is 76.1 Å². The molecule has 0 bridgehead atoms. The lowest BCUT2D eigenvalue weighted by Gasteiger charge is -2.25. The number of nitrogens with zero attached hydrogens (tertiary/aromatic N) is 1. The molecule has 0 aromatic heterocycles. The van der Waals surface area contributed by atoms with Crippen LogP contribution in [0, 0.1) is 11.6 Å². The molecule has 1 N–H and O–H groups in total. The zero-order valence-electron chi connectivity index (χ0n) is 18.7. The number of hydrogen-bond acceptors (Lipinski definition) is 5. The van der Waals surface area contributed by atoms with Gasteiger partial charge in [-0.25, -0.2) is 8.78 Å². The number of Topliss-reactive ketones (excluding diaryl/α,β-unsaturated/α-hetero) is 1. The van der Waals surface area contributed by atoms with Crippen molar-refractivity contribution in [2.75, 3.05) is 18.6 Å². The number of rotatable bonds is 6. The highest BCUT2D eigenvalue weighted by molar-refractivity contribution is 6.52. The van der Waals surface area contributed by atoms with Crippen molar-refractivity contribution in [3.8, 4) is 11.5 Å². The Hall–Kier alpha value is -3.91. The third-order valence-corrected chi connectivity index (χ3v) is 5.89. The average molecular weight is 500 g/mol. The Balaban J connectivity index is 1.95. The zero-order valence-corrected chi connectivity index (χ0v) is 19.5. The first kappa shape index (κ1) is 24.2. The van der Waals surface area contributed by atoms with Crippen LogP contribution in [0.2, 0.25) is 5.02 Å². The molecule has 0 aliphatic carbocycles. The van der Waals surface area contributed by atoms with E-state index in [0.717, 1.165) is 17.0 Å². The van der Waals surface area contributed by atoms with Gasteiger partial charge in [0.05, 0.1) is 30.4 Å². The molecule has 4 rings (SSSR count). The van der Waals surface area contributed by atoms with Gasteiger partial charge in [0.25, 0.3) is 11.7 Å². The third-order valence-electron chi connectivity index (χ3n) is 5.56. The molecule has 9 heteroatoms. The summed E-state index contributed by atoms with van der Waals surface area (Å²) in [5, 5.41) is 11.3. The fourth-order valence-electron chi connectivity index (χ4n) is 3.92. The lowest BCUT2D eigenvalue weighted by Crippen LogP contribution is -2.29. The molecule has 35 heavy (non-hydrogen) atoms. The van der Waals surface area contributed by atoms with E-state index in [1.165, 1.54) is 25.3 Å². The largest absolute Gasteiger partial charge is 0.507 e. The van der Waals surface area contributed by atoms with E-state index in [0.29, 0.717) is 23.7 Å². The Morgan fingerprint density at radius 2 is 1.69 bits per heavy atom.